The van der Waals surface area contributed by atoms with Crippen molar-refractivity contribution in [3.05, 3.63) is 47.7 Å². The van der Waals surface area contributed by atoms with Gasteiger partial charge in [0.25, 0.3) is 0 Å². The van der Waals surface area contributed by atoms with Crippen LogP contribution in [0, 0.1) is 18.3 Å². The molecule has 0 bridgehead atoms. The molecular weight excluding hydrogens is 269 g/mol. The van der Waals surface area contributed by atoms with Crippen LogP contribution >= 0.6 is 0 Å². The molecule has 20 heavy (non-hydrogen) atoms. The summed E-state index contributed by atoms with van der Waals surface area (Å²) in [5.41, 5.74) is 1.89. The number of ether oxygens (including phenoxy) is 1. The molecule has 0 amide bonds. The van der Waals surface area contributed by atoms with E-state index in [0.29, 0.717) is 11.3 Å². The third kappa shape index (κ3) is 3.48. The topological polar surface area (TPSA) is 45.9 Å². The van der Waals surface area contributed by atoms with Crippen molar-refractivity contribution in [1.29, 1.82) is 5.26 Å². The molecule has 1 heterocycles. The molecule has 0 radical (unpaired) electrons. The summed E-state index contributed by atoms with van der Waals surface area (Å²) in [6.07, 6.45) is -4.74. The highest BCUT2D eigenvalue weighted by Gasteiger charge is 2.31. The Balaban J connectivity index is 2.41. The average molecular weight is 278 g/mol. The molecule has 3 nitrogen and oxygen atoms in total. The highest BCUT2D eigenvalue weighted by molar-refractivity contribution is 5.62. The van der Waals surface area contributed by atoms with Gasteiger partial charge in [-0.3, -0.25) is 0 Å². The zero-order valence-electron chi connectivity index (χ0n) is 10.4. The molecule has 0 aliphatic heterocycles. The van der Waals surface area contributed by atoms with Gasteiger partial charge in [0.15, 0.2) is 0 Å². The van der Waals surface area contributed by atoms with Crippen LogP contribution < -0.4 is 4.74 Å². The summed E-state index contributed by atoms with van der Waals surface area (Å²) >= 11 is 0. The van der Waals surface area contributed by atoms with Gasteiger partial charge in [-0.2, -0.15) is 5.26 Å². The molecule has 0 unspecified atom stereocenters. The molecular formula is C14H9F3N2O. The van der Waals surface area contributed by atoms with E-state index < -0.39 is 6.36 Å². The lowest BCUT2D eigenvalue weighted by atomic mass is 10.1. The third-order valence-corrected chi connectivity index (χ3v) is 2.45. The van der Waals surface area contributed by atoms with E-state index in [0.717, 1.165) is 5.56 Å². The highest BCUT2D eigenvalue weighted by atomic mass is 19.4. The van der Waals surface area contributed by atoms with Gasteiger partial charge in [0.2, 0.25) is 0 Å². The Morgan fingerprint density at radius 2 is 1.95 bits per heavy atom. The summed E-state index contributed by atoms with van der Waals surface area (Å²) in [5, 5.41) is 8.85. The van der Waals surface area contributed by atoms with Crippen LogP contribution in [-0.2, 0) is 0 Å². The number of alkyl halides is 3. The van der Waals surface area contributed by atoms with Crippen molar-refractivity contribution >= 4 is 0 Å². The van der Waals surface area contributed by atoms with Crippen LogP contribution in [0.25, 0.3) is 11.3 Å². The first kappa shape index (κ1) is 13.9. The maximum atomic E-state index is 12.2. The normalized spacial score (nSPS) is 10.9. The van der Waals surface area contributed by atoms with E-state index in [1.54, 1.807) is 25.1 Å². The number of halogens is 3. The largest absolute Gasteiger partial charge is 0.573 e. The number of aryl methyl sites for hydroxylation is 1. The highest BCUT2D eigenvalue weighted by Crippen LogP contribution is 2.27. The smallest absolute Gasteiger partial charge is 0.406 e. The van der Waals surface area contributed by atoms with Gasteiger partial charge < -0.3 is 4.74 Å². The van der Waals surface area contributed by atoms with Gasteiger partial charge >= 0.3 is 6.36 Å². The lowest BCUT2D eigenvalue weighted by molar-refractivity contribution is -0.274. The molecule has 0 aliphatic rings. The van der Waals surface area contributed by atoms with Crippen molar-refractivity contribution in [1.82, 2.24) is 4.98 Å². The Bertz CT molecular complexity index is 675. The Kier molecular flexibility index (Phi) is 3.61. The lowest BCUT2D eigenvalue weighted by Crippen LogP contribution is -2.17. The molecule has 2 rings (SSSR count). The van der Waals surface area contributed by atoms with Gasteiger partial charge in [-0.25, -0.2) is 4.98 Å². The van der Waals surface area contributed by atoms with Crippen molar-refractivity contribution in [3.8, 4) is 23.1 Å². The minimum Gasteiger partial charge on any atom is -0.406 e. The molecule has 0 fully saturated rings. The van der Waals surface area contributed by atoms with E-state index in [2.05, 4.69) is 9.72 Å². The molecule has 0 saturated carbocycles. The Morgan fingerprint density at radius 3 is 2.60 bits per heavy atom. The minimum absolute atomic E-state index is 0.210. The second-order valence-electron chi connectivity index (χ2n) is 4.10. The van der Waals surface area contributed by atoms with Crippen LogP contribution in [-0.4, -0.2) is 11.3 Å². The number of pyridine rings is 1. The average Bonchev–Trinajstić information content (AvgIpc) is 2.36. The summed E-state index contributed by atoms with van der Waals surface area (Å²) in [4.78, 5) is 4.06. The number of nitrogens with zero attached hydrogens (tertiary/aromatic N) is 2. The van der Waals surface area contributed by atoms with Gasteiger partial charge in [-0.05, 0) is 36.8 Å². The first-order valence-electron chi connectivity index (χ1n) is 5.62. The number of aromatic nitrogens is 1. The summed E-state index contributed by atoms with van der Waals surface area (Å²) in [7, 11) is 0. The zero-order chi connectivity index (χ0) is 14.8. The van der Waals surface area contributed by atoms with Gasteiger partial charge in [0.1, 0.15) is 17.5 Å². The Hall–Kier alpha value is -2.55. The molecule has 0 aliphatic carbocycles. The van der Waals surface area contributed by atoms with E-state index in [9.17, 15) is 13.2 Å². The zero-order valence-corrected chi connectivity index (χ0v) is 10.4. The van der Waals surface area contributed by atoms with Gasteiger partial charge in [0.05, 0.1) is 5.69 Å². The molecule has 0 atom stereocenters. The van der Waals surface area contributed by atoms with Crippen molar-refractivity contribution < 1.29 is 17.9 Å². The van der Waals surface area contributed by atoms with E-state index in [-0.39, 0.29) is 11.4 Å². The van der Waals surface area contributed by atoms with E-state index in [1.807, 2.05) is 6.07 Å². The number of hydrogen-bond acceptors (Lipinski definition) is 3. The van der Waals surface area contributed by atoms with E-state index in [1.165, 1.54) is 18.2 Å². The lowest BCUT2D eigenvalue weighted by Gasteiger charge is -2.10. The summed E-state index contributed by atoms with van der Waals surface area (Å²) in [6.45, 7) is 1.78. The number of rotatable bonds is 2. The van der Waals surface area contributed by atoms with Gasteiger partial charge in [-0.15, -0.1) is 13.2 Å². The van der Waals surface area contributed by atoms with Crippen LogP contribution in [0.2, 0.25) is 0 Å². The van der Waals surface area contributed by atoms with Crippen molar-refractivity contribution in [2.45, 2.75) is 13.3 Å². The second kappa shape index (κ2) is 5.21. The summed E-state index contributed by atoms with van der Waals surface area (Å²) < 4.78 is 40.4. The molecule has 2 aromatic rings. The Morgan fingerprint density at radius 1 is 1.20 bits per heavy atom. The minimum atomic E-state index is -4.74. The number of nitriles is 1. The molecule has 0 N–H and O–H groups in total. The van der Waals surface area contributed by atoms with E-state index in [4.69, 9.17) is 5.26 Å². The monoisotopic (exact) mass is 278 g/mol. The first-order valence-corrected chi connectivity index (χ1v) is 5.62. The predicted molar refractivity (Wildman–Crippen MR) is 65.8 cm³/mol. The molecule has 1 aromatic carbocycles. The molecule has 6 heteroatoms. The number of hydrogen-bond donors (Lipinski definition) is 0. The maximum absolute atomic E-state index is 12.2. The van der Waals surface area contributed by atoms with Crippen LogP contribution in [0.1, 0.15) is 11.3 Å². The summed E-state index contributed by atoms with van der Waals surface area (Å²) in [5.74, 6) is -0.322. The fraction of sp³-hybridized carbons (Fsp3) is 0.143. The maximum Gasteiger partial charge on any atom is 0.573 e. The van der Waals surface area contributed by atoms with Gasteiger partial charge in [-0.1, -0.05) is 12.1 Å². The fourth-order valence-electron chi connectivity index (χ4n) is 1.72. The van der Waals surface area contributed by atoms with Crippen LogP contribution in [0.5, 0.6) is 5.75 Å². The predicted octanol–water partition coefficient (Wildman–Crippen LogP) is 3.83. The SMILES string of the molecule is Cc1cc(C#N)nc(-c2cccc(OC(F)(F)F)c2)c1. The number of benzene rings is 1. The van der Waals surface area contributed by atoms with Crippen molar-refractivity contribution in [2.75, 3.05) is 0 Å². The molecule has 102 valence electrons. The van der Waals surface area contributed by atoms with Crippen molar-refractivity contribution in [2.24, 2.45) is 0 Å². The fourth-order valence-corrected chi connectivity index (χ4v) is 1.72. The molecule has 0 saturated heterocycles. The summed E-state index contributed by atoms with van der Waals surface area (Å²) in [6, 6.07) is 10.7. The van der Waals surface area contributed by atoms with E-state index >= 15 is 0 Å². The second-order valence-corrected chi connectivity index (χ2v) is 4.10. The van der Waals surface area contributed by atoms with Gasteiger partial charge in [0, 0.05) is 5.56 Å². The molecule has 0 spiro atoms. The quantitative estimate of drug-likeness (QED) is 0.838. The first-order chi connectivity index (χ1) is 9.37. The van der Waals surface area contributed by atoms with Crippen molar-refractivity contribution in [3.63, 3.8) is 0 Å². The van der Waals surface area contributed by atoms with Crippen LogP contribution in [0.4, 0.5) is 13.2 Å². The van der Waals surface area contributed by atoms with Crippen LogP contribution in [0.15, 0.2) is 36.4 Å². The Labute approximate surface area is 113 Å². The molecule has 1 aromatic heterocycles. The standard InChI is InChI=1S/C14H9F3N2O/c1-9-5-11(8-18)19-13(6-9)10-3-2-4-12(7-10)20-14(15,16)17/h2-7H,1H3. The van der Waals surface area contributed by atoms with Crippen LogP contribution in [0.3, 0.4) is 0 Å². The third-order valence-electron chi connectivity index (χ3n) is 2.45.